The van der Waals surface area contributed by atoms with Crippen molar-refractivity contribution in [1.82, 2.24) is 15.3 Å². The average molecular weight is 447 g/mol. The van der Waals surface area contributed by atoms with Crippen LogP contribution in [0.5, 0.6) is 0 Å². The number of rotatable bonds is 4. The number of thiocarbonyl (C=S) groups is 1. The molecule has 0 saturated carbocycles. The minimum absolute atomic E-state index is 0.0559. The zero-order valence-corrected chi connectivity index (χ0v) is 17.9. The van der Waals surface area contributed by atoms with E-state index in [0.29, 0.717) is 28.4 Å². The minimum Gasteiger partial charge on any atom is -0.434 e. The molecule has 0 spiro atoms. The van der Waals surface area contributed by atoms with Crippen LogP contribution in [0.15, 0.2) is 59.1 Å². The summed E-state index contributed by atoms with van der Waals surface area (Å²) in [5, 5.41) is 16.7. The molecule has 2 heterocycles. The van der Waals surface area contributed by atoms with Crippen molar-refractivity contribution in [1.29, 1.82) is 0 Å². The minimum atomic E-state index is -0.539. The van der Waals surface area contributed by atoms with E-state index in [-0.39, 0.29) is 21.9 Å². The molecule has 0 atom stereocenters. The van der Waals surface area contributed by atoms with Crippen molar-refractivity contribution < 1.29 is 14.1 Å². The van der Waals surface area contributed by atoms with Gasteiger partial charge in [-0.3, -0.25) is 20.2 Å². The Morgan fingerprint density at radius 2 is 1.97 bits per heavy atom. The first-order valence-electron chi connectivity index (χ1n) is 9.52. The fraction of sp³-hybridized carbons (Fsp3) is 0.0909. The Morgan fingerprint density at radius 1 is 1.16 bits per heavy atom. The van der Waals surface area contributed by atoms with E-state index >= 15 is 0 Å². The smallest absolute Gasteiger partial charge is 0.273 e. The van der Waals surface area contributed by atoms with Crippen molar-refractivity contribution >= 4 is 45.8 Å². The van der Waals surface area contributed by atoms with Crippen molar-refractivity contribution in [2.45, 2.75) is 13.8 Å². The maximum Gasteiger partial charge on any atom is 0.273 e. The predicted octanol–water partition coefficient (Wildman–Crippen LogP) is 4.54. The van der Waals surface area contributed by atoms with E-state index in [1.807, 2.05) is 19.1 Å². The highest BCUT2D eigenvalue weighted by Crippen LogP contribution is 2.27. The topological polar surface area (TPSA) is 123 Å². The first-order chi connectivity index (χ1) is 15.3. The molecule has 2 N–H and O–H groups in total. The summed E-state index contributed by atoms with van der Waals surface area (Å²) in [7, 11) is 0. The maximum atomic E-state index is 12.6. The molecule has 160 valence electrons. The van der Waals surface area contributed by atoms with Crippen LogP contribution in [-0.2, 0) is 0 Å². The Bertz CT molecular complexity index is 1350. The molecule has 0 bridgehead atoms. The van der Waals surface area contributed by atoms with Crippen LogP contribution < -0.4 is 10.6 Å². The van der Waals surface area contributed by atoms with Gasteiger partial charge in [0.05, 0.1) is 4.92 Å². The molecule has 2 aromatic heterocycles. The number of carbonyl (C=O) groups is 1. The SMILES string of the molecule is Cc1ccc(-c2nc3ncccc3o2)cc1NC(=S)NC(=O)c1cccc([N+](=O)[O-])c1C. The normalized spacial score (nSPS) is 10.7. The Balaban J connectivity index is 1.53. The van der Waals surface area contributed by atoms with E-state index in [1.54, 1.807) is 24.4 Å². The van der Waals surface area contributed by atoms with Crippen LogP contribution >= 0.6 is 12.2 Å². The first-order valence-corrected chi connectivity index (χ1v) is 9.93. The van der Waals surface area contributed by atoms with Gasteiger partial charge in [0.2, 0.25) is 5.89 Å². The predicted molar refractivity (Wildman–Crippen MR) is 123 cm³/mol. The highest BCUT2D eigenvalue weighted by molar-refractivity contribution is 7.80. The van der Waals surface area contributed by atoms with Gasteiger partial charge in [0.25, 0.3) is 11.6 Å². The lowest BCUT2D eigenvalue weighted by molar-refractivity contribution is -0.385. The Morgan fingerprint density at radius 3 is 2.72 bits per heavy atom. The number of nitro benzene ring substituents is 1. The van der Waals surface area contributed by atoms with E-state index < -0.39 is 10.8 Å². The largest absolute Gasteiger partial charge is 0.434 e. The van der Waals surface area contributed by atoms with Crippen LogP contribution in [0.2, 0.25) is 0 Å². The van der Waals surface area contributed by atoms with Crippen LogP contribution in [0, 0.1) is 24.0 Å². The molecule has 2 aromatic carbocycles. The number of fused-ring (bicyclic) bond motifs is 1. The average Bonchev–Trinajstić information content (AvgIpc) is 3.19. The van der Waals surface area contributed by atoms with Crippen LogP contribution in [0.1, 0.15) is 21.5 Å². The lowest BCUT2D eigenvalue weighted by atomic mass is 10.1. The van der Waals surface area contributed by atoms with Gasteiger partial charge in [0.1, 0.15) is 0 Å². The van der Waals surface area contributed by atoms with Crippen LogP contribution in [0.25, 0.3) is 22.7 Å². The van der Waals surface area contributed by atoms with Crippen molar-refractivity contribution in [3.05, 3.63) is 81.5 Å². The third-order valence-corrected chi connectivity index (χ3v) is 5.08. The number of carbonyl (C=O) groups excluding carboxylic acids is 1. The number of hydrogen-bond donors (Lipinski definition) is 2. The number of aromatic nitrogens is 2. The van der Waals surface area contributed by atoms with Crippen molar-refractivity contribution in [3.8, 4) is 11.5 Å². The van der Waals surface area contributed by atoms with Gasteiger partial charge in [-0.05, 0) is 62.0 Å². The number of aryl methyl sites for hydroxylation is 1. The molecule has 1 amide bonds. The zero-order chi connectivity index (χ0) is 22.8. The number of oxazole rings is 1. The molecule has 9 nitrogen and oxygen atoms in total. The number of anilines is 1. The summed E-state index contributed by atoms with van der Waals surface area (Å²) in [4.78, 5) is 31.8. The zero-order valence-electron chi connectivity index (χ0n) is 17.1. The van der Waals surface area contributed by atoms with Crippen molar-refractivity contribution in [2.24, 2.45) is 0 Å². The van der Waals surface area contributed by atoms with Gasteiger partial charge < -0.3 is 9.73 Å². The molecule has 4 rings (SSSR count). The van der Waals surface area contributed by atoms with Gasteiger partial charge in [-0.2, -0.15) is 4.98 Å². The summed E-state index contributed by atoms with van der Waals surface area (Å²) in [6, 6.07) is 13.4. The van der Waals surface area contributed by atoms with E-state index in [2.05, 4.69) is 20.6 Å². The fourth-order valence-corrected chi connectivity index (χ4v) is 3.38. The first kappa shape index (κ1) is 21.1. The molecule has 0 unspecified atom stereocenters. The molecule has 0 saturated heterocycles. The summed E-state index contributed by atoms with van der Waals surface area (Å²) < 4.78 is 5.76. The van der Waals surface area contributed by atoms with E-state index in [9.17, 15) is 14.9 Å². The summed E-state index contributed by atoms with van der Waals surface area (Å²) in [5.41, 5.74) is 3.63. The summed E-state index contributed by atoms with van der Waals surface area (Å²) in [6.07, 6.45) is 1.64. The Labute approximate surface area is 187 Å². The molecule has 4 aromatic rings. The van der Waals surface area contributed by atoms with E-state index in [1.165, 1.54) is 25.1 Å². The van der Waals surface area contributed by atoms with E-state index in [0.717, 1.165) is 5.56 Å². The fourth-order valence-electron chi connectivity index (χ4n) is 3.17. The molecule has 0 aliphatic carbocycles. The van der Waals surface area contributed by atoms with Gasteiger partial charge in [-0.15, -0.1) is 0 Å². The monoisotopic (exact) mass is 447 g/mol. The summed E-state index contributed by atoms with van der Waals surface area (Å²) in [5.74, 6) is -0.133. The number of nitro groups is 1. The number of nitrogens with one attached hydrogen (secondary N) is 2. The molecule has 0 aliphatic rings. The number of pyridine rings is 1. The van der Waals surface area contributed by atoms with Gasteiger partial charge in [-0.25, -0.2) is 4.98 Å². The lowest BCUT2D eigenvalue weighted by Gasteiger charge is -2.13. The number of amides is 1. The summed E-state index contributed by atoms with van der Waals surface area (Å²) in [6.45, 7) is 3.40. The quantitative estimate of drug-likeness (QED) is 0.265. The number of benzene rings is 2. The third-order valence-electron chi connectivity index (χ3n) is 4.87. The second-order valence-corrected chi connectivity index (χ2v) is 7.40. The second kappa shape index (κ2) is 8.52. The molecular weight excluding hydrogens is 430 g/mol. The summed E-state index contributed by atoms with van der Waals surface area (Å²) >= 11 is 5.29. The van der Waals surface area contributed by atoms with Crippen LogP contribution in [0.4, 0.5) is 11.4 Å². The molecule has 0 aliphatic heterocycles. The molecule has 0 fully saturated rings. The highest BCUT2D eigenvalue weighted by Gasteiger charge is 2.19. The van der Waals surface area contributed by atoms with Gasteiger partial charge in [0.15, 0.2) is 16.3 Å². The number of nitrogens with zero attached hydrogens (tertiary/aromatic N) is 3. The highest BCUT2D eigenvalue weighted by atomic mass is 32.1. The third kappa shape index (κ3) is 4.16. The van der Waals surface area contributed by atoms with Gasteiger partial charge in [0, 0.05) is 34.6 Å². The Kier molecular flexibility index (Phi) is 5.61. The maximum absolute atomic E-state index is 12.6. The van der Waals surface area contributed by atoms with E-state index in [4.69, 9.17) is 16.6 Å². The van der Waals surface area contributed by atoms with Crippen molar-refractivity contribution in [3.63, 3.8) is 0 Å². The molecule has 0 radical (unpaired) electrons. The standard InChI is InChI=1S/C22H17N5O4S/c1-12-8-9-14(21-25-19-18(31-21)7-4-10-23-19)11-16(12)24-22(32)26-20(28)15-5-3-6-17(13(15)2)27(29)30/h3-11H,1-2H3,(H2,24,26,28,32). The van der Waals surface area contributed by atoms with Crippen molar-refractivity contribution in [2.75, 3.05) is 5.32 Å². The van der Waals surface area contributed by atoms with Crippen LogP contribution in [-0.4, -0.2) is 25.9 Å². The lowest BCUT2D eigenvalue weighted by Crippen LogP contribution is -2.34. The van der Waals surface area contributed by atoms with Gasteiger partial charge >= 0.3 is 0 Å². The van der Waals surface area contributed by atoms with Gasteiger partial charge in [-0.1, -0.05) is 12.1 Å². The second-order valence-electron chi connectivity index (χ2n) is 6.99. The van der Waals surface area contributed by atoms with Crippen LogP contribution in [0.3, 0.4) is 0 Å². The molecular formula is C22H17N5O4S. The Hall–Kier alpha value is -4.18. The molecule has 10 heteroatoms. The molecule has 32 heavy (non-hydrogen) atoms. The number of hydrogen-bond acceptors (Lipinski definition) is 7.